The summed E-state index contributed by atoms with van der Waals surface area (Å²) in [6, 6.07) is 8.16. The lowest BCUT2D eigenvalue weighted by molar-refractivity contribution is 0.0461. The Labute approximate surface area is 86.8 Å². The first-order chi connectivity index (χ1) is 6.61. The first-order valence-corrected chi connectivity index (χ1v) is 5.42. The highest BCUT2D eigenvalue weighted by Gasteiger charge is 2.23. The smallest absolute Gasteiger partial charge is 0.0871 e. The van der Waals surface area contributed by atoms with Crippen LogP contribution in [0.25, 0.3) is 0 Å². The lowest BCUT2D eigenvalue weighted by atomic mass is 9.87. The SMILES string of the molecule is CCCC(C)(O)c1ccccc1CC. The molecule has 1 unspecified atom stereocenters. The lowest BCUT2D eigenvalue weighted by Crippen LogP contribution is -2.22. The third kappa shape index (κ3) is 2.36. The molecule has 0 fully saturated rings. The van der Waals surface area contributed by atoms with Gasteiger partial charge in [-0.2, -0.15) is 0 Å². The molecule has 1 nitrogen and oxygen atoms in total. The van der Waals surface area contributed by atoms with Crippen LogP contribution >= 0.6 is 0 Å². The minimum atomic E-state index is -0.665. The molecule has 14 heavy (non-hydrogen) atoms. The molecule has 0 bridgehead atoms. The van der Waals surface area contributed by atoms with Gasteiger partial charge in [-0.25, -0.2) is 0 Å². The van der Waals surface area contributed by atoms with Gasteiger partial charge >= 0.3 is 0 Å². The Bertz CT molecular complexity index is 289. The summed E-state index contributed by atoms with van der Waals surface area (Å²) in [5.41, 5.74) is 1.68. The van der Waals surface area contributed by atoms with E-state index in [0.29, 0.717) is 0 Å². The van der Waals surface area contributed by atoms with E-state index in [1.807, 2.05) is 25.1 Å². The Morgan fingerprint density at radius 1 is 1.21 bits per heavy atom. The van der Waals surface area contributed by atoms with E-state index in [1.165, 1.54) is 5.56 Å². The second-order valence-electron chi connectivity index (χ2n) is 4.03. The molecular formula is C13H20O. The molecule has 0 aliphatic rings. The van der Waals surface area contributed by atoms with E-state index in [2.05, 4.69) is 19.9 Å². The molecular weight excluding hydrogens is 172 g/mol. The Morgan fingerprint density at radius 3 is 2.43 bits per heavy atom. The zero-order valence-electron chi connectivity index (χ0n) is 9.38. The Balaban J connectivity index is 3.04. The van der Waals surface area contributed by atoms with Crippen LogP contribution in [-0.4, -0.2) is 5.11 Å². The third-order valence-electron chi connectivity index (χ3n) is 2.72. The normalized spacial score (nSPS) is 15.1. The molecule has 78 valence electrons. The zero-order valence-corrected chi connectivity index (χ0v) is 9.38. The van der Waals surface area contributed by atoms with Gasteiger partial charge in [0, 0.05) is 0 Å². The molecule has 0 amide bonds. The number of benzene rings is 1. The van der Waals surface area contributed by atoms with Crippen molar-refractivity contribution in [3.05, 3.63) is 35.4 Å². The highest BCUT2D eigenvalue weighted by molar-refractivity contribution is 5.31. The molecule has 0 saturated heterocycles. The summed E-state index contributed by atoms with van der Waals surface area (Å²) < 4.78 is 0. The van der Waals surface area contributed by atoms with Crippen molar-refractivity contribution >= 4 is 0 Å². The second kappa shape index (κ2) is 4.61. The summed E-state index contributed by atoms with van der Waals surface area (Å²) in [5.74, 6) is 0. The highest BCUT2D eigenvalue weighted by atomic mass is 16.3. The molecule has 0 aromatic heterocycles. The van der Waals surface area contributed by atoms with Crippen LogP contribution in [0.3, 0.4) is 0 Å². The van der Waals surface area contributed by atoms with Crippen LogP contribution in [0, 0.1) is 0 Å². The molecule has 1 heteroatoms. The van der Waals surface area contributed by atoms with Gasteiger partial charge in [0.05, 0.1) is 5.60 Å². The molecule has 1 atom stereocenters. The molecule has 1 rings (SSSR count). The van der Waals surface area contributed by atoms with E-state index in [0.717, 1.165) is 24.8 Å². The third-order valence-corrected chi connectivity index (χ3v) is 2.72. The van der Waals surface area contributed by atoms with E-state index < -0.39 is 5.60 Å². The largest absolute Gasteiger partial charge is 0.385 e. The van der Waals surface area contributed by atoms with Gasteiger partial charge in [-0.05, 0) is 30.9 Å². The van der Waals surface area contributed by atoms with Crippen molar-refractivity contribution in [2.75, 3.05) is 0 Å². The van der Waals surface area contributed by atoms with Crippen molar-refractivity contribution in [1.29, 1.82) is 0 Å². The molecule has 0 saturated carbocycles. The summed E-state index contributed by atoms with van der Waals surface area (Å²) in [4.78, 5) is 0. The Morgan fingerprint density at radius 2 is 1.86 bits per heavy atom. The van der Waals surface area contributed by atoms with Crippen LogP contribution in [0.1, 0.15) is 44.7 Å². The molecule has 0 aliphatic carbocycles. The summed E-state index contributed by atoms with van der Waals surface area (Å²) >= 11 is 0. The Kier molecular flexibility index (Phi) is 3.70. The zero-order chi connectivity index (χ0) is 10.6. The summed E-state index contributed by atoms with van der Waals surface area (Å²) in [6.45, 7) is 6.13. The van der Waals surface area contributed by atoms with Gasteiger partial charge in [-0.3, -0.25) is 0 Å². The number of aliphatic hydroxyl groups is 1. The van der Waals surface area contributed by atoms with Crippen molar-refractivity contribution in [1.82, 2.24) is 0 Å². The van der Waals surface area contributed by atoms with Gasteiger partial charge in [0.15, 0.2) is 0 Å². The maximum absolute atomic E-state index is 10.3. The average molecular weight is 192 g/mol. The summed E-state index contributed by atoms with van der Waals surface area (Å²) in [6.07, 6.45) is 2.81. The van der Waals surface area contributed by atoms with Gasteiger partial charge in [0.25, 0.3) is 0 Å². The second-order valence-corrected chi connectivity index (χ2v) is 4.03. The minimum absolute atomic E-state index is 0.665. The minimum Gasteiger partial charge on any atom is -0.385 e. The first-order valence-electron chi connectivity index (χ1n) is 5.42. The van der Waals surface area contributed by atoms with Crippen LogP contribution in [-0.2, 0) is 12.0 Å². The monoisotopic (exact) mass is 192 g/mol. The molecule has 0 heterocycles. The standard InChI is InChI=1S/C13H20O/c1-4-10-13(3,14)12-9-7-6-8-11(12)5-2/h6-9,14H,4-5,10H2,1-3H3. The van der Waals surface area contributed by atoms with Gasteiger partial charge in [-0.1, -0.05) is 44.5 Å². The van der Waals surface area contributed by atoms with E-state index in [1.54, 1.807) is 0 Å². The van der Waals surface area contributed by atoms with E-state index >= 15 is 0 Å². The fourth-order valence-electron chi connectivity index (χ4n) is 1.98. The number of rotatable bonds is 4. The van der Waals surface area contributed by atoms with Gasteiger partial charge < -0.3 is 5.11 Å². The number of hydrogen-bond acceptors (Lipinski definition) is 1. The predicted molar refractivity (Wildman–Crippen MR) is 60.3 cm³/mol. The van der Waals surface area contributed by atoms with E-state index in [4.69, 9.17) is 0 Å². The van der Waals surface area contributed by atoms with Gasteiger partial charge in [0.1, 0.15) is 0 Å². The van der Waals surface area contributed by atoms with Crippen molar-refractivity contribution in [2.45, 2.75) is 45.6 Å². The van der Waals surface area contributed by atoms with Gasteiger partial charge in [0.2, 0.25) is 0 Å². The molecule has 0 spiro atoms. The van der Waals surface area contributed by atoms with Gasteiger partial charge in [-0.15, -0.1) is 0 Å². The van der Waals surface area contributed by atoms with Crippen LogP contribution < -0.4 is 0 Å². The molecule has 1 N–H and O–H groups in total. The quantitative estimate of drug-likeness (QED) is 0.776. The van der Waals surface area contributed by atoms with Crippen molar-refractivity contribution in [2.24, 2.45) is 0 Å². The first kappa shape index (κ1) is 11.3. The highest BCUT2D eigenvalue weighted by Crippen LogP contribution is 2.28. The summed E-state index contributed by atoms with van der Waals surface area (Å²) in [7, 11) is 0. The molecule has 1 aromatic carbocycles. The van der Waals surface area contributed by atoms with Crippen molar-refractivity contribution in [3.63, 3.8) is 0 Å². The Hall–Kier alpha value is -0.820. The summed E-state index contributed by atoms with van der Waals surface area (Å²) in [5, 5.41) is 10.3. The van der Waals surface area contributed by atoms with Crippen LogP contribution in [0.4, 0.5) is 0 Å². The van der Waals surface area contributed by atoms with E-state index in [9.17, 15) is 5.11 Å². The number of hydrogen-bond donors (Lipinski definition) is 1. The lowest BCUT2D eigenvalue weighted by Gasteiger charge is -2.25. The van der Waals surface area contributed by atoms with Crippen molar-refractivity contribution in [3.8, 4) is 0 Å². The molecule has 1 aromatic rings. The van der Waals surface area contributed by atoms with Crippen LogP contribution in [0.5, 0.6) is 0 Å². The number of aryl methyl sites for hydroxylation is 1. The molecule has 0 aliphatic heterocycles. The maximum atomic E-state index is 10.3. The topological polar surface area (TPSA) is 20.2 Å². The fourth-order valence-corrected chi connectivity index (χ4v) is 1.98. The van der Waals surface area contributed by atoms with E-state index in [-0.39, 0.29) is 0 Å². The molecule has 0 radical (unpaired) electrons. The van der Waals surface area contributed by atoms with Crippen LogP contribution in [0.15, 0.2) is 24.3 Å². The average Bonchev–Trinajstić information content (AvgIpc) is 2.18. The fraction of sp³-hybridized carbons (Fsp3) is 0.538. The maximum Gasteiger partial charge on any atom is 0.0871 e. The van der Waals surface area contributed by atoms with Crippen LogP contribution in [0.2, 0.25) is 0 Å². The predicted octanol–water partition coefficient (Wildman–Crippen LogP) is 3.26. The van der Waals surface area contributed by atoms with Crippen molar-refractivity contribution < 1.29 is 5.11 Å².